The summed E-state index contributed by atoms with van der Waals surface area (Å²) in [6.07, 6.45) is 8.51. The number of nitrogens with one attached hydrogen (secondary N) is 1. The van der Waals surface area contributed by atoms with Crippen molar-refractivity contribution in [2.24, 2.45) is 5.10 Å². The van der Waals surface area contributed by atoms with Crippen molar-refractivity contribution in [3.63, 3.8) is 0 Å². The lowest BCUT2D eigenvalue weighted by molar-refractivity contribution is 0.0955. The highest BCUT2D eigenvalue weighted by Gasteiger charge is 2.05. The maximum atomic E-state index is 12.1. The largest absolute Gasteiger partial charge is 0.271 e. The first-order valence-corrected chi connectivity index (χ1v) is 7.11. The topological polar surface area (TPSA) is 72.2 Å². The Morgan fingerprint density at radius 1 is 1.22 bits per heavy atom. The normalized spacial score (nSPS) is 10.8. The molecular weight excluding hydrogens is 290 g/mol. The minimum atomic E-state index is -0.257. The van der Waals surface area contributed by atoms with Crippen molar-refractivity contribution in [3.8, 4) is 0 Å². The van der Waals surface area contributed by atoms with Crippen molar-refractivity contribution in [1.82, 2.24) is 20.2 Å². The number of nitrogens with zero attached hydrogens (tertiary/aromatic N) is 4. The SMILES string of the molecule is O=C(NN=Cc1cccnc1)c1cccc(Cn2cccn2)c1. The number of amides is 1. The van der Waals surface area contributed by atoms with Gasteiger partial charge in [-0.1, -0.05) is 18.2 Å². The molecule has 3 aromatic rings. The molecule has 6 heteroatoms. The van der Waals surface area contributed by atoms with Crippen LogP contribution in [-0.2, 0) is 6.54 Å². The van der Waals surface area contributed by atoms with E-state index in [0.717, 1.165) is 11.1 Å². The van der Waals surface area contributed by atoms with Gasteiger partial charge >= 0.3 is 0 Å². The average molecular weight is 305 g/mol. The third kappa shape index (κ3) is 4.10. The molecule has 0 bridgehead atoms. The van der Waals surface area contributed by atoms with Crippen LogP contribution in [0.15, 0.2) is 72.4 Å². The second-order valence-electron chi connectivity index (χ2n) is 4.89. The summed E-state index contributed by atoms with van der Waals surface area (Å²) in [6.45, 7) is 0.618. The van der Waals surface area contributed by atoms with Crippen LogP contribution >= 0.6 is 0 Å². The van der Waals surface area contributed by atoms with Crippen LogP contribution in [0.5, 0.6) is 0 Å². The summed E-state index contributed by atoms with van der Waals surface area (Å²) in [5, 5.41) is 8.10. The van der Waals surface area contributed by atoms with Crippen molar-refractivity contribution in [2.75, 3.05) is 0 Å². The molecule has 0 aliphatic carbocycles. The standard InChI is InChI=1S/C17H15N5O/c23-17(21-19-12-15-5-2-7-18-11-15)16-6-1-4-14(10-16)13-22-9-3-8-20-22/h1-12H,13H2,(H,21,23). The Bertz CT molecular complexity index is 797. The van der Waals surface area contributed by atoms with Gasteiger partial charge < -0.3 is 0 Å². The summed E-state index contributed by atoms with van der Waals surface area (Å²) in [4.78, 5) is 16.1. The summed E-state index contributed by atoms with van der Waals surface area (Å²) in [5.41, 5.74) is 4.88. The van der Waals surface area contributed by atoms with Crippen LogP contribution in [0.1, 0.15) is 21.5 Å². The number of carbonyl (C=O) groups is 1. The second kappa shape index (κ2) is 7.13. The molecule has 114 valence electrons. The van der Waals surface area contributed by atoms with Crippen molar-refractivity contribution < 1.29 is 4.79 Å². The smallest absolute Gasteiger partial charge is 0.268 e. The summed E-state index contributed by atoms with van der Waals surface area (Å²) in [5.74, 6) is -0.257. The number of rotatable bonds is 5. The van der Waals surface area contributed by atoms with Crippen LogP contribution < -0.4 is 5.43 Å². The van der Waals surface area contributed by atoms with Crippen LogP contribution in [0.4, 0.5) is 0 Å². The zero-order chi connectivity index (χ0) is 15.9. The second-order valence-corrected chi connectivity index (χ2v) is 4.89. The number of hydrazone groups is 1. The number of hydrogen-bond acceptors (Lipinski definition) is 4. The Labute approximate surface area is 133 Å². The lowest BCUT2D eigenvalue weighted by Gasteiger charge is -2.05. The first kappa shape index (κ1) is 14.6. The molecule has 1 amide bonds. The monoisotopic (exact) mass is 305 g/mol. The number of aromatic nitrogens is 3. The van der Waals surface area contributed by atoms with Gasteiger partial charge in [-0.15, -0.1) is 0 Å². The van der Waals surface area contributed by atoms with Crippen LogP contribution in [0, 0.1) is 0 Å². The molecule has 0 atom stereocenters. The maximum Gasteiger partial charge on any atom is 0.271 e. The predicted molar refractivity (Wildman–Crippen MR) is 87.1 cm³/mol. The highest BCUT2D eigenvalue weighted by Crippen LogP contribution is 2.07. The van der Waals surface area contributed by atoms with Crippen LogP contribution in [-0.4, -0.2) is 26.9 Å². The molecule has 1 aromatic carbocycles. The Morgan fingerprint density at radius 2 is 2.17 bits per heavy atom. The summed E-state index contributed by atoms with van der Waals surface area (Å²) >= 11 is 0. The molecule has 3 rings (SSSR count). The van der Waals surface area contributed by atoms with Gasteiger partial charge in [-0.25, -0.2) is 5.43 Å². The molecule has 0 aliphatic heterocycles. The number of carbonyl (C=O) groups excluding carboxylic acids is 1. The van der Waals surface area contributed by atoms with E-state index in [4.69, 9.17) is 0 Å². The van der Waals surface area contributed by atoms with Gasteiger partial charge in [0, 0.05) is 35.9 Å². The minimum Gasteiger partial charge on any atom is -0.268 e. The molecule has 0 spiro atoms. The van der Waals surface area contributed by atoms with E-state index in [2.05, 4.69) is 20.6 Å². The van der Waals surface area contributed by atoms with E-state index < -0.39 is 0 Å². The van der Waals surface area contributed by atoms with Crippen molar-refractivity contribution >= 4 is 12.1 Å². The van der Waals surface area contributed by atoms with E-state index in [1.165, 1.54) is 0 Å². The van der Waals surface area contributed by atoms with Gasteiger partial charge in [-0.2, -0.15) is 10.2 Å². The first-order chi connectivity index (χ1) is 11.3. The van der Waals surface area contributed by atoms with Crippen LogP contribution in [0.3, 0.4) is 0 Å². The Kier molecular flexibility index (Phi) is 4.54. The molecule has 0 aliphatic rings. The third-order valence-electron chi connectivity index (χ3n) is 3.16. The third-order valence-corrected chi connectivity index (χ3v) is 3.16. The number of pyridine rings is 1. The molecule has 6 nitrogen and oxygen atoms in total. The molecule has 23 heavy (non-hydrogen) atoms. The van der Waals surface area contributed by atoms with Gasteiger partial charge in [0.25, 0.3) is 5.91 Å². The van der Waals surface area contributed by atoms with E-state index in [1.54, 1.807) is 35.6 Å². The van der Waals surface area contributed by atoms with Gasteiger partial charge in [0.05, 0.1) is 12.8 Å². The van der Waals surface area contributed by atoms with Crippen molar-refractivity contribution in [3.05, 3.63) is 83.9 Å². The van der Waals surface area contributed by atoms with E-state index in [1.807, 2.05) is 42.6 Å². The minimum absolute atomic E-state index is 0.257. The van der Waals surface area contributed by atoms with Gasteiger partial charge in [0.1, 0.15) is 0 Å². The molecule has 0 saturated heterocycles. The van der Waals surface area contributed by atoms with Crippen molar-refractivity contribution in [2.45, 2.75) is 6.54 Å². The lowest BCUT2D eigenvalue weighted by atomic mass is 10.1. The lowest BCUT2D eigenvalue weighted by Crippen LogP contribution is -2.18. The summed E-state index contributed by atoms with van der Waals surface area (Å²) < 4.78 is 1.80. The molecular formula is C17H15N5O. The fourth-order valence-electron chi connectivity index (χ4n) is 2.07. The predicted octanol–water partition coefficient (Wildman–Crippen LogP) is 2.09. The average Bonchev–Trinajstić information content (AvgIpc) is 3.09. The quantitative estimate of drug-likeness (QED) is 0.579. The fourth-order valence-corrected chi connectivity index (χ4v) is 2.07. The molecule has 0 saturated carbocycles. The highest BCUT2D eigenvalue weighted by atomic mass is 16.2. The van der Waals surface area contributed by atoms with Gasteiger partial charge in [0.2, 0.25) is 0 Å². The Balaban J connectivity index is 1.64. The molecule has 0 unspecified atom stereocenters. The Morgan fingerprint density at radius 3 is 2.96 bits per heavy atom. The number of benzene rings is 1. The fraction of sp³-hybridized carbons (Fsp3) is 0.0588. The van der Waals surface area contributed by atoms with E-state index in [9.17, 15) is 4.79 Å². The van der Waals surface area contributed by atoms with E-state index in [0.29, 0.717) is 12.1 Å². The van der Waals surface area contributed by atoms with Crippen molar-refractivity contribution in [1.29, 1.82) is 0 Å². The first-order valence-electron chi connectivity index (χ1n) is 7.11. The highest BCUT2D eigenvalue weighted by molar-refractivity contribution is 5.95. The Hall–Kier alpha value is -3.28. The zero-order valence-electron chi connectivity index (χ0n) is 12.3. The molecule has 0 radical (unpaired) electrons. The van der Waals surface area contributed by atoms with Gasteiger partial charge in [0.15, 0.2) is 0 Å². The molecule has 0 fully saturated rings. The summed E-state index contributed by atoms with van der Waals surface area (Å²) in [7, 11) is 0. The molecule has 1 N–H and O–H groups in total. The molecule has 2 heterocycles. The zero-order valence-corrected chi connectivity index (χ0v) is 12.3. The van der Waals surface area contributed by atoms with Gasteiger partial charge in [-0.3, -0.25) is 14.5 Å². The van der Waals surface area contributed by atoms with Crippen LogP contribution in [0.2, 0.25) is 0 Å². The summed E-state index contributed by atoms with van der Waals surface area (Å²) in [6, 6.07) is 12.9. The van der Waals surface area contributed by atoms with E-state index in [-0.39, 0.29) is 5.91 Å². The van der Waals surface area contributed by atoms with E-state index >= 15 is 0 Å². The van der Waals surface area contributed by atoms with Crippen LogP contribution in [0.25, 0.3) is 0 Å². The molecule has 2 aromatic heterocycles. The number of hydrogen-bond donors (Lipinski definition) is 1. The van der Waals surface area contributed by atoms with Gasteiger partial charge in [-0.05, 0) is 29.8 Å². The maximum absolute atomic E-state index is 12.1.